The fraction of sp³-hybridized carbons (Fsp3) is 0.529. The van der Waals surface area contributed by atoms with Crippen molar-refractivity contribution in [2.75, 3.05) is 20.3 Å². The van der Waals surface area contributed by atoms with Gasteiger partial charge >= 0.3 is 0 Å². The number of aryl methyl sites for hydroxylation is 3. The van der Waals surface area contributed by atoms with Crippen LogP contribution in [-0.2, 0) is 11.3 Å². The minimum absolute atomic E-state index is 0.0714. The highest BCUT2D eigenvalue weighted by atomic mass is 32.1. The number of aromatic nitrogens is 2. The van der Waals surface area contributed by atoms with Gasteiger partial charge in [-0.15, -0.1) is 11.3 Å². The first-order valence-corrected chi connectivity index (χ1v) is 8.80. The van der Waals surface area contributed by atoms with E-state index >= 15 is 0 Å². The maximum atomic E-state index is 12.4. The zero-order valence-electron chi connectivity index (χ0n) is 14.3. The molecule has 1 N–H and O–H groups in total. The number of methoxy groups -OCH3 is 1. The van der Waals surface area contributed by atoms with E-state index in [0.717, 1.165) is 30.6 Å². The molecule has 0 aromatic carbocycles. The SMILES string of the molecule is CCCn1nc(-c2cc(C)sc2C)cc1C(=O)NCCCOC. The van der Waals surface area contributed by atoms with E-state index in [0.29, 0.717) is 18.8 Å². The van der Waals surface area contributed by atoms with Crippen LogP contribution in [0, 0.1) is 13.8 Å². The third kappa shape index (κ3) is 4.42. The van der Waals surface area contributed by atoms with Crippen molar-refractivity contribution in [3.8, 4) is 11.3 Å². The van der Waals surface area contributed by atoms with E-state index < -0.39 is 0 Å². The number of nitrogens with one attached hydrogen (secondary N) is 1. The molecule has 0 aliphatic rings. The van der Waals surface area contributed by atoms with Gasteiger partial charge in [0.05, 0.1) is 5.69 Å². The van der Waals surface area contributed by atoms with Gasteiger partial charge in [0.1, 0.15) is 5.69 Å². The van der Waals surface area contributed by atoms with E-state index in [1.54, 1.807) is 18.4 Å². The fourth-order valence-corrected chi connectivity index (χ4v) is 3.44. The van der Waals surface area contributed by atoms with Crippen LogP contribution in [0.5, 0.6) is 0 Å². The molecule has 5 nitrogen and oxygen atoms in total. The van der Waals surface area contributed by atoms with Crippen LogP contribution in [0.15, 0.2) is 12.1 Å². The molecule has 0 atom stereocenters. The summed E-state index contributed by atoms with van der Waals surface area (Å²) < 4.78 is 6.81. The number of carbonyl (C=O) groups excluding carboxylic acids is 1. The second-order valence-corrected chi connectivity index (χ2v) is 7.03. The summed E-state index contributed by atoms with van der Waals surface area (Å²) >= 11 is 1.76. The molecule has 0 spiro atoms. The van der Waals surface area contributed by atoms with Crippen molar-refractivity contribution in [3.05, 3.63) is 27.6 Å². The van der Waals surface area contributed by atoms with Crippen LogP contribution in [0.4, 0.5) is 0 Å². The van der Waals surface area contributed by atoms with Crippen molar-refractivity contribution in [3.63, 3.8) is 0 Å². The largest absolute Gasteiger partial charge is 0.385 e. The molecule has 2 aromatic rings. The minimum atomic E-state index is -0.0714. The third-order valence-electron chi connectivity index (χ3n) is 3.58. The van der Waals surface area contributed by atoms with Crippen molar-refractivity contribution in [2.45, 2.75) is 40.2 Å². The zero-order valence-corrected chi connectivity index (χ0v) is 15.1. The molecular formula is C17H25N3O2S. The first kappa shape index (κ1) is 17.7. The molecule has 0 saturated carbocycles. The van der Waals surface area contributed by atoms with E-state index in [1.165, 1.54) is 9.75 Å². The van der Waals surface area contributed by atoms with Gasteiger partial charge in [-0.1, -0.05) is 6.92 Å². The lowest BCUT2D eigenvalue weighted by Crippen LogP contribution is -2.27. The molecule has 23 heavy (non-hydrogen) atoms. The normalized spacial score (nSPS) is 11.0. The van der Waals surface area contributed by atoms with Crippen LogP contribution in [0.1, 0.15) is 40.0 Å². The van der Waals surface area contributed by atoms with Gasteiger partial charge in [0.2, 0.25) is 0 Å². The highest BCUT2D eigenvalue weighted by Gasteiger charge is 2.17. The molecule has 0 fully saturated rings. The molecule has 2 heterocycles. The van der Waals surface area contributed by atoms with Crippen LogP contribution < -0.4 is 5.32 Å². The van der Waals surface area contributed by atoms with Crippen LogP contribution in [0.2, 0.25) is 0 Å². The van der Waals surface area contributed by atoms with E-state index in [9.17, 15) is 4.79 Å². The Morgan fingerprint density at radius 2 is 2.17 bits per heavy atom. The van der Waals surface area contributed by atoms with Crippen LogP contribution in [0.25, 0.3) is 11.3 Å². The van der Waals surface area contributed by atoms with E-state index in [2.05, 4.69) is 37.3 Å². The predicted molar refractivity (Wildman–Crippen MR) is 94.1 cm³/mol. The van der Waals surface area contributed by atoms with E-state index in [1.807, 2.05) is 10.7 Å². The number of hydrogen-bond donors (Lipinski definition) is 1. The molecule has 0 saturated heterocycles. The Bertz CT molecular complexity index is 661. The molecular weight excluding hydrogens is 310 g/mol. The van der Waals surface area contributed by atoms with Crippen molar-refractivity contribution < 1.29 is 9.53 Å². The van der Waals surface area contributed by atoms with Gasteiger partial charge in [0.25, 0.3) is 5.91 Å². The number of nitrogens with zero attached hydrogens (tertiary/aromatic N) is 2. The number of hydrogen-bond acceptors (Lipinski definition) is 4. The smallest absolute Gasteiger partial charge is 0.269 e. The topological polar surface area (TPSA) is 56.2 Å². The molecule has 0 aliphatic carbocycles. The summed E-state index contributed by atoms with van der Waals surface area (Å²) in [5, 5.41) is 7.59. The molecule has 0 aliphatic heterocycles. The van der Waals surface area contributed by atoms with E-state index in [4.69, 9.17) is 4.74 Å². The maximum absolute atomic E-state index is 12.4. The summed E-state index contributed by atoms with van der Waals surface area (Å²) in [5.41, 5.74) is 2.63. The third-order valence-corrected chi connectivity index (χ3v) is 4.54. The van der Waals surface area contributed by atoms with Crippen molar-refractivity contribution >= 4 is 17.2 Å². The standard InChI is InChI=1S/C17H25N3O2S/c1-5-8-20-16(17(21)18-7-6-9-22-4)11-15(19-20)14-10-12(2)23-13(14)3/h10-11H,5-9H2,1-4H3,(H,18,21). The molecule has 6 heteroatoms. The van der Waals surface area contributed by atoms with Crippen LogP contribution >= 0.6 is 11.3 Å². The first-order chi connectivity index (χ1) is 11.1. The second kappa shape index (κ2) is 8.26. The quantitative estimate of drug-likeness (QED) is 0.752. The highest BCUT2D eigenvalue weighted by molar-refractivity contribution is 7.12. The van der Waals surface area contributed by atoms with Crippen molar-refractivity contribution in [2.24, 2.45) is 0 Å². The summed E-state index contributed by atoms with van der Waals surface area (Å²) in [6.07, 6.45) is 1.74. The number of carbonyl (C=O) groups is 1. The Kier molecular flexibility index (Phi) is 6.36. The molecule has 2 rings (SSSR count). The average molecular weight is 335 g/mol. The fourth-order valence-electron chi connectivity index (χ4n) is 2.51. The Labute approximate surface area is 141 Å². The van der Waals surface area contributed by atoms with Gasteiger partial charge in [-0.2, -0.15) is 5.10 Å². The van der Waals surface area contributed by atoms with Crippen LogP contribution in [-0.4, -0.2) is 35.9 Å². The Morgan fingerprint density at radius 3 is 2.78 bits per heavy atom. The van der Waals surface area contributed by atoms with Gasteiger partial charge in [-0.3, -0.25) is 9.48 Å². The Hall–Kier alpha value is -1.66. The van der Waals surface area contributed by atoms with Gasteiger partial charge in [0.15, 0.2) is 0 Å². The molecule has 0 bridgehead atoms. The van der Waals surface area contributed by atoms with Crippen molar-refractivity contribution in [1.82, 2.24) is 15.1 Å². The molecule has 126 valence electrons. The van der Waals surface area contributed by atoms with Gasteiger partial charge < -0.3 is 10.1 Å². The van der Waals surface area contributed by atoms with Gasteiger partial charge in [-0.05, 0) is 38.8 Å². The predicted octanol–water partition coefficient (Wildman–Crippen LogP) is 3.40. The van der Waals surface area contributed by atoms with Gasteiger partial charge in [-0.25, -0.2) is 0 Å². The summed E-state index contributed by atoms with van der Waals surface area (Å²) in [4.78, 5) is 14.9. The number of amides is 1. The lowest BCUT2D eigenvalue weighted by atomic mass is 10.2. The molecule has 2 aromatic heterocycles. The first-order valence-electron chi connectivity index (χ1n) is 7.99. The van der Waals surface area contributed by atoms with Gasteiger partial charge in [0, 0.05) is 42.1 Å². The second-order valence-electron chi connectivity index (χ2n) is 5.57. The number of ether oxygens (including phenoxy) is 1. The number of rotatable bonds is 8. The summed E-state index contributed by atoms with van der Waals surface area (Å²) in [6, 6.07) is 4.04. The Morgan fingerprint density at radius 1 is 1.39 bits per heavy atom. The lowest BCUT2D eigenvalue weighted by molar-refractivity contribution is 0.0937. The molecule has 0 radical (unpaired) electrons. The number of thiophene rings is 1. The monoisotopic (exact) mass is 335 g/mol. The van der Waals surface area contributed by atoms with E-state index in [-0.39, 0.29) is 5.91 Å². The molecule has 1 amide bonds. The lowest BCUT2D eigenvalue weighted by Gasteiger charge is -2.07. The average Bonchev–Trinajstić information content (AvgIpc) is 3.07. The van der Waals surface area contributed by atoms with Crippen molar-refractivity contribution in [1.29, 1.82) is 0 Å². The van der Waals surface area contributed by atoms with Crippen LogP contribution in [0.3, 0.4) is 0 Å². The summed E-state index contributed by atoms with van der Waals surface area (Å²) in [6.45, 7) is 8.26. The molecule has 0 unspecified atom stereocenters. The zero-order chi connectivity index (χ0) is 16.8. The minimum Gasteiger partial charge on any atom is -0.385 e. The Balaban J connectivity index is 2.21. The highest BCUT2D eigenvalue weighted by Crippen LogP contribution is 2.30. The summed E-state index contributed by atoms with van der Waals surface area (Å²) in [5.74, 6) is -0.0714. The maximum Gasteiger partial charge on any atom is 0.269 e. The summed E-state index contributed by atoms with van der Waals surface area (Å²) in [7, 11) is 1.66.